The number of nitrogens with zero attached hydrogens (tertiary/aromatic N) is 2. The Balaban J connectivity index is 1.76. The second-order valence-corrected chi connectivity index (χ2v) is 9.03. The normalized spacial score (nSPS) is 15.3. The average Bonchev–Trinajstić information content (AvgIpc) is 2.85. The van der Waals surface area contributed by atoms with Crippen molar-refractivity contribution in [3.63, 3.8) is 0 Å². The van der Waals surface area contributed by atoms with Gasteiger partial charge in [-0.05, 0) is 49.1 Å². The fourth-order valence-electron chi connectivity index (χ4n) is 3.83. The summed E-state index contributed by atoms with van der Waals surface area (Å²) in [5.41, 5.74) is 2.36. The fourth-order valence-corrected chi connectivity index (χ4v) is 3.83. The molecule has 1 unspecified atom stereocenters. The average molecular weight is 510 g/mol. The molecule has 37 heavy (non-hydrogen) atoms. The van der Waals surface area contributed by atoms with Crippen molar-refractivity contribution in [3.8, 4) is 0 Å². The van der Waals surface area contributed by atoms with Crippen molar-refractivity contribution in [2.75, 3.05) is 23.8 Å². The zero-order chi connectivity index (χ0) is 27.1. The highest BCUT2D eigenvalue weighted by Crippen LogP contribution is 2.32. The number of hydrogen-bond acceptors (Lipinski definition) is 6. The van der Waals surface area contributed by atoms with E-state index in [1.165, 1.54) is 24.3 Å². The summed E-state index contributed by atoms with van der Waals surface area (Å²) in [5.74, 6) is -0.322. The molecular weight excluding hydrogens is 478 g/mol. The number of hydrogen-bond donors (Lipinski definition) is 3. The number of benzene rings is 2. The largest absolute Gasteiger partial charge is 0.462 e. The first-order valence-electron chi connectivity index (χ1n) is 12.0. The summed E-state index contributed by atoms with van der Waals surface area (Å²) in [6.45, 7) is 8.32. The van der Waals surface area contributed by atoms with Crippen LogP contribution in [-0.2, 0) is 9.53 Å². The third kappa shape index (κ3) is 6.84. The smallest absolute Gasteiger partial charge is 0.338 e. The predicted molar refractivity (Wildman–Crippen MR) is 139 cm³/mol. The van der Waals surface area contributed by atoms with E-state index in [0.29, 0.717) is 34.8 Å². The number of amides is 4. The van der Waals surface area contributed by atoms with Gasteiger partial charge in [-0.1, -0.05) is 32.9 Å². The summed E-state index contributed by atoms with van der Waals surface area (Å²) in [4.78, 5) is 50.0. The van der Waals surface area contributed by atoms with Crippen molar-refractivity contribution in [2.24, 2.45) is 5.92 Å². The maximum atomic E-state index is 13.0. The molecule has 1 atom stereocenters. The summed E-state index contributed by atoms with van der Waals surface area (Å²) in [5, 5.41) is 19.0. The monoisotopic (exact) mass is 509 g/mol. The van der Waals surface area contributed by atoms with Gasteiger partial charge in [-0.3, -0.25) is 15.0 Å². The quantitative estimate of drug-likeness (QED) is 0.241. The van der Waals surface area contributed by atoms with E-state index < -0.39 is 23.0 Å². The number of nitro groups is 1. The molecule has 0 fully saturated rings. The second-order valence-electron chi connectivity index (χ2n) is 9.03. The third-order valence-corrected chi connectivity index (χ3v) is 5.65. The summed E-state index contributed by atoms with van der Waals surface area (Å²) in [7, 11) is 0. The van der Waals surface area contributed by atoms with Gasteiger partial charge in [-0.25, -0.2) is 14.4 Å². The minimum absolute atomic E-state index is 0.0779. The number of nitrogens with one attached hydrogen (secondary N) is 3. The maximum Gasteiger partial charge on any atom is 0.338 e. The van der Waals surface area contributed by atoms with Crippen LogP contribution < -0.4 is 16.0 Å². The minimum Gasteiger partial charge on any atom is -0.462 e. The molecule has 0 aromatic heterocycles. The number of carbonyl (C=O) groups excluding carboxylic acids is 3. The van der Waals surface area contributed by atoms with Crippen molar-refractivity contribution in [1.82, 2.24) is 10.2 Å². The Morgan fingerprint density at radius 3 is 2.16 bits per heavy atom. The van der Waals surface area contributed by atoms with Crippen LogP contribution in [0.1, 0.15) is 45.7 Å². The summed E-state index contributed by atoms with van der Waals surface area (Å²) in [6.07, 6.45) is 0.728. The van der Waals surface area contributed by atoms with E-state index in [-0.39, 0.29) is 24.2 Å². The summed E-state index contributed by atoms with van der Waals surface area (Å²) < 4.78 is 5.50. The van der Waals surface area contributed by atoms with E-state index in [2.05, 4.69) is 16.0 Å². The first-order chi connectivity index (χ1) is 17.6. The molecule has 196 valence electrons. The van der Waals surface area contributed by atoms with E-state index >= 15 is 0 Å². The molecule has 0 spiro atoms. The van der Waals surface area contributed by atoms with Crippen molar-refractivity contribution >= 4 is 35.1 Å². The predicted octanol–water partition coefficient (Wildman–Crippen LogP) is 5.19. The van der Waals surface area contributed by atoms with Crippen LogP contribution in [0.25, 0.3) is 0 Å². The highest BCUT2D eigenvalue weighted by atomic mass is 16.6. The molecule has 1 aliphatic heterocycles. The summed E-state index contributed by atoms with van der Waals surface area (Å²) in [6, 6.07) is 10.7. The number of allylic oxidation sites excluding steroid dienone is 1. The zero-order valence-electron chi connectivity index (χ0n) is 21.2. The second kappa shape index (κ2) is 12.0. The highest BCUT2D eigenvalue weighted by molar-refractivity contribution is 6.00. The Morgan fingerprint density at radius 2 is 1.65 bits per heavy atom. The van der Waals surface area contributed by atoms with Gasteiger partial charge >= 0.3 is 18.0 Å². The Morgan fingerprint density at radius 1 is 1.08 bits per heavy atom. The van der Waals surface area contributed by atoms with Crippen LogP contribution >= 0.6 is 0 Å². The van der Waals surface area contributed by atoms with Gasteiger partial charge in [0.1, 0.15) is 0 Å². The van der Waals surface area contributed by atoms with Gasteiger partial charge in [0.25, 0.3) is 5.69 Å². The standard InChI is InChI=1S/C26H31N5O6/c1-5-14-30-17(4)22(24(32)37-15-16(2)3)23(29-26(30)34)18-6-8-19(9-7-18)27-25(33)28-20-10-12-21(13-11-20)31(35)36/h6-13,16,23H,5,14-15H2,1-4H3,(H,29,34)(H2,27,28,33). The van der Waals surface area contributed by atoms with Gasteiger partial charge in [0.2, 0.25) is 0 Å². The van der Waals surface area contributed by atoms with Gasteiger partial charge in [0, 0.05) is 35.7 Å². The van der Waals surface area contributed by atoms with Gasteiger partial charge < -0.3 is 20.7 Å². The van der Waals surface area contributed by atoms with Crippen LogP contribution in [0, 0.1) is 16.0 Å². The highest BCUT2D eigenvalue weighted by Gasteiger charge is 2.36. The van der Waals surface area contributed by atoms with Crippen molar-refractivity contribution in [1.29, 1.82) is 0 Å². The van der Waals surface area contributed by atoms with Crippen LogP contribution in [0.2, 0.25) is 0 Å². The van der Waals surface area contributed by atoms with Gasteiger partial charge in [-0.15, -0.1) is 0 Å². The van der Waals surface area contributed by atoms with Gasteiger partial charge in [0.05, 0.1) is 23.1 Å². The molecule has 2 aromatic rings. The van der Waals surface area contributed by atoms with Crippen LogP contribution in [0.4, 0.5) is 26.7 Å². The lowest BCUT2D eigenvalue weighted by Gasteiger charge is -2.35. The number of ether oxygens (including phenoxy) is 1. The molecule has 4 amide bonds. The van der Waals surface area contributed by atoms with Gasteiger partial charge in [-0.2, -0.15) is 0 Å². The van der Waals surface area contributed by atoms with E-state index in [0.717, 1.165) is 6.42 Å². The topological polar surface area (TPSA) is 143 Å². The molecule has 11 nitrogen and oxygen atoms in total. The molecule has 1 aliphatic rings. The zero-order valence-corrected chi connectivity index (χ0v) is 21.2. The van der Waals surface area contributed by atoms with E-state index in [1.54, 1.807) is 36.1 Å². The van der Waals surface area contributed by atoms with Crippen molar-refractivity contribution in [2.45, 2.75) is 40.2 Å². The molecule has 0 radical (unpaired) electrons. The number of non-ortho nitro benzene ring substituents is 1. The van der Waals surface area contributed by atoms with E-state index in [4.69, 9.17) is 4.74 Å². The fraction of sp³-hybridized carbons (Fsp3) is 0.346. The molecule has 0 bridgehead atoms. The molecule has 3 N–H and O–H groups in total. The molecule has 3 rings (SSSR count). The summed E-state index contributed by atoms with van der Waals surface area (Å²) >= 11 is 0. The van der Waals surface area contributed by atoms with Crippen LogP contribution in [0.3, 0.4) is 0 Å². The molecule has 0 saturated carbocycles. The van der Waals surface area contributed by atoms with Crippen LogP contribution in [-0.4, -0.2) is 41.0 Å². The minimum atomic E-state index is -0.705. The Kier molecular flexibility index (Phi) is 8.83. The van der Waals surface area contributed by atoms with Gasteiger partial charge in [0.15, 0.2) is 0 Å². The number of carbonyl (C=O) groups is 3. The number of rotatable bonds is 9. The Bertz CT molecular complexity index is 1190. The molecular formula is C26H31N5O6. The maximum absolute atomic E-state index is 13.0. The van der Waals surface area contributed by atoms with E-state index in [1.807, 2.05) is 20.8 Å². The van der Waals surface area contributed by atoms with Crippen molar-refractivity contribution in [3.05, 3.63) is 75.5 Å². The lowest BCUT2D eigenvalue weighted by atomic mass is 9.94. The first-order valence-corrected chi connectivity index (χ1v) is 12.0. The lowest BCUT2D eigenvalue weighted by molar-refractivity contribution is -0.384. The first kappa shape index (κ1) is 27.2. The molecule has 0 aliphatic carbocycles. The SMILES string of the molecule is CCCN1C(=O)NC(c2ccc(NC(=O)Nc3ccc([N+](=O)[O-])cc3)cc2)C(C(=O)OCC(C)C)=C1C. The van der Waals surface area contributed by atoms with Crippen LogP contribution in [0.5, 0.6) is 0 Å². The van der Waals surface area contributed by atoms with Crippen LogP contribution in [0.15, 0.2) is 59.8 Å². The third-order valence-electron chi connectivity index (χ3n) is 5.65. The number of urea groups is 2. The molecule has 2 aromatic carbocycles. The number of anilines is 2. The Hall–Kier alpha value is -4.41. The number of esters is 1. The molecule has 11 heteroatoms. The lowest BCUT2D eigenvalue weighted by Crippen LogP contribution is -2.48. The van der Waals surface area contributed by atoms with Crippen molar-refractivity contribution < 1.29 is 24.0 Å². The molecule has 0 saturated heterocycles. The number of nitro benzene ring substituents is 1. The van der Waals surface area contributed by atoms with E-state index in [9.17, 15) is 24.5 Å². The Labute approximate surface area is 215 Å². The molecule has 1 heterocycles.